The predicted molar refractivity (Wildman–Crippen MR) is 70.6 cm³/mol. The van der Waals surface area contributed by atoms with Gasteiger partial charge >= 0.3 is 0 Å². The highest BCUT2D eigenvalue weighted by atomic mass is 16.6. The first-order valence-electron chi connectivity index (χ1n) is 5.77. The smallest absolute Gasteiger partial charge is 0.276 e. The van der Waals surface area contributed by atoms with Crippen molar-refractivity contribution in [2.24, 2.45) is 0 Å². The van der Waals surface area contributed by atoms with E-state index >= 15 is 0 Å². The number of imidazole rings is 1. The van der Waals surface area contributed by atoms with Crippen molar-refractivity contribution in [1.29, 1.82) is 0 Å². The van der Waals surface area contributed by atoms with Gasteiger partial charge in [-0.25, -0.2) is 9.97 Å². The molecule has 2 aromatic heterocycles. The molecule has 3 N–H and O–H groups in total. The van der Waals surface area contributed by atoms with E-state index in [4.69, 9.17) is 5.73 Å². The first-order valence-corrected chi connectivity index (χ1v) is 5.77. The van der Waals surface area contributed by atoms with Gasteiger partial charge in [0.1, 0.15) is 11.6 Å². The summed E-state index contributed by atoms with van der Waals surface area (Å²) in [5, 5.41) is 13.7. The molecule has 2 heterocycles. The van der Waals surface area contributed by atoms with Crippen molar-refractivity contribution >= 4 is 17.3 Å². The quantitative estimate of drug-likeness (QED) is 0.460. The Morgan fingerprint density at radius 3 is 3.00 bits per heavy atom. The molecule has 2 rings (SSSR count). The van der Waals surface area contributed by atoms with Crippen LogP contribution in [0.1, 0.15) is 6.42 Å². The predicted octanol–water partition coefficient (Wildman–Crippen LogP) is 1.27. The van der Waals surface area contributed by atoms with E-state index in [1.807, 2.05) is 10.8 Å². The van der Waals surface area contributed by atoms with Crippen molar-refractivity contribution in [1.82, 2.24) is 14.5 Å². The van der Waals surface area contributed by atoms with E-state index in [0.29, 0.717) is 12.4 Å². The molecule has 0 radical (unpaired) electrons. The molecule has 0 saturated heterocycles. The van der Waals surface area contributed by atoms with Crippen molar-refractivity contribution in [3.05, 3.63) is 41.0 Å². The third kappa shape index (κ3) is 3.66. The van der Waals surface area contributed by atoms with Crippen molar-refractivity contribution in [3.8, 4) is 0 Å². The standard InChI is InChI=1S/C11H14N6O2/c12-10-6-9(17(18)19)7-11(15-10)14-2-1-4-16-5-3-13-8-16/h3,5-8H,1-2,4H2,(H3,12,14,15). The normalized spacial score (nSPS) is 10.3. The van der Waals surface area contributed by atoms with Gasteiger partial charge < -0.3 is 15.6 Å². The second kappa shape index (κ2) is 5.80. The average molecular weight is 262 g/mol. The lowest BCUT2D eigenvalue weighted by Gasteiger charge is -2.06. The Hall–Kier alpha value is -2.64. The van der Waals surface area contributed by atoms with Gasteiger partial charge in [-0.15, -0.1) is 0 Å². The highest BCUT2D eigenvalue weighted by molar-refractivity contribution is 5.52. The Kier molecular flexibility index (Phi) is 3.91. The maximum absolute atomic E-state index is 10.7. The Balaban J connectivity index is 1.87. The van der Waals surface area contributed by atoms with Crippen LogP contribution in [0.15, 0.2) is 30.9 Å². The third-order valence-corrected chi connectivity index (χ3v) is 2.50. The molecule has 0 fully saturated rings. The van der Waals surface area contributed by atoms with Crippen LogP contribution >= 0.6 is 0 Å². The van der Waals surface area contributed by atoms with Crippen molar-refractivity contribution in [3.63, 3.8) is 0 Å². The number of anilines is 2. The zero-order chi connectivity index (χ0) is 13.7. The summed E-state index contributed by atoms with van der Waals surface area (Å²) >= 11 is 0. The number of hydrogen-bond acceptors (Lipinski definition) is 6. The van der Waals surface area contributed by atoms with E-state index in [9.17, 15) is 10.1 Å². The lowest BCUT2D eigenvalue weighted by atomic mass is 10.3. The summed E-state index contributed by atoms with van der Waals surface area (Å²) in [5.41, 5.74) is 5.45. The van der Waals surface area contributed by atoms with E-state index in [-0.39, 0.29) is 11.5 Å². The number of rotatable bonds is 6. The van der Waals surface area contributed by atoms with Crippen LogP contribution in [0, 0.1) is 10.1 Å². The maximum atomic E-state index is 10.7. The highest BCUT2D eigenvalue weighted by Crippen LogP contribution is 2.18. The SMILES string of the molecule is Nc1cc([N+](=O)[O-])cc(NCCCn2ccnc2)n1. The molecule has 0 amide bonds. The van der Waals surface area contributed by atoms with E-state index in [2.05, 4.69) is 15.3 Å². The minimum Gasteiger partial charge on any atom is -0.383 e. The summed E-state index contributed by atoms with van der Waals surface area (Å²) in [5.74, 6) is 0.545. The number of aryl methyl sites for hydroxylation is 1. The van der Waals surface area contributed by atoms with Crippen LogP contribution in [-0.2, 0) is 6.54 Å². The minimum absolute atomic E-state index is 0.0652. The summed E-state index contributed by atoms with van der Waals surface area (Å²) in [4.78, 5) is 18.1. The molecule has 8 heteroatoms. The number of pyridine rings is 1. The molecule has 0 bridgehead atoms. The van der Waals surface area contributed by atoms with Crippen LogP contribution in [0.4, 0.5) is 17.3 Å². The molecule has 0 aliphatic heterocycles. The second-order valence-corrected chi connectivity index (χ2v) is 3.97. The number of nitrogens with two attached hydrogens (primary N) is 1. The van der Waals surface area contributed by atoms with Crippen LogP contribution in [-0.4, -0.2) is 26.0 Å². The summed E-state index contributed by atoms with van der Waals surface area (Å²) in [6.07, 6.45) is 6.18. The number of aromatic nitrogens is 3. The van der Waals surface area contributed by atoms with Crippen LogP contribution in [0.5, 0.6) is 0 Å². The number of nitro groups is 1. The van der Waals surface area contributed by atoms with E-state index < -0.39 is 4.92 Å². The van der Waals surface area contributed by atoms with Crippen molar-refractivity contribution < 1.29 is 4.92 Å². The molecule has 0 atom stereocenters. The van der Waals surface area contributed by atoms with E-state index in [1.54, 1.807) is 12.5 Å². The maximum Gasteiger partial charge on any atom is 0.276 e. The fraction of sp³-hybridized carbons (Fsp3) is 0.273. The fourth-order valence-corrected chi connectivity index (χ4v) is 1.63. The molecule has 19 heavy (non-hydrogen) atoms. The molecule has 0 aromatic carbocycles. The summed E-state index contributed by atoms with van der Waals surface area (Å²) in [6.45, 7) is 1.46. The second-order valence-electron chi connectivity index (χ2n) is 3.97. The minimum atomic E-state index is -0.491. The van der Waals surface area contributed by atoms with Gasteiger partial charge in [0.25, 0.3) is 5.69 Å². The van der Waals surface area contributed by atoms with Gasteiger partial charge in [-0.2, -0.15) is 0 Å². The molecule has 0 saturated carbocycles. The topological polar surface area (TPSA) is 112 Å². The molecule has 0 spiro atoms. The first kappa shape index (κ1) is 12.8. The Bertz CT molecular complexity index is 554. The third-order valence-electron chi connectivity index (χ3n) is 2.50. The monoisotopic (exact) mass is 262 g/mol. The number of nitrogens with zero attached hydrogens (tertiary/aromatic N) is 4. The molecular formula is C11H14N6O2. The van der Waals surface area contributed by atoms with Gasteiger partial charge in [-0.05, 0) is 6.42 Å². The van der Waals surface area contributed by atoms with Gasteiger partial charge in [-0.1, -0.05) is 0 Å². The molecular weight excluding hydrogens is 248 g/mol. The van der Waals surface area contributed by atoms with Crippen LogP contribution in [0.2, 0.25) is 0 Å². The Morgan fingerprint density at radius 1 is 1.47 bits per heavy atom. The van der Waals surface area contributed by atoms with Crippen LogP contribution < -0.4 is 11.1 Å². The van der Waals surface area contributed by atoms with Gasteiger partial charge in [0, 0.05) is 25.5 Å². The highest BCUT2D eigenvalue weighted by Gasteiger charge is 2.09. The first-order chi connectivity index (χ1) is 9.15. The van der Waals surface area contributed by atoms with E-state index in [1.165, 1.54) is 12.1 Å². The molecule has 2 aromatic rings. The molecule has 100 valence electrons. The number of nitrogen functional groups attached to an aromatic ring is 1. The van der Waals surface area contributed by atoms with Crippen molar-refractivity contribution in [2.75, 3.05) is 17.6 Å². The summed E-state index contributed by atoms with van der Waals surface area (Å²) in [6, 6.07) is 2.60. The van der Waals surface area contributed by atoms with Crippen molar-refractivity contribution in [2.45, 2.75) is 13.0 Å². The fourth-order valence-electron chi connectivity index (χ4n) is 1.63. The van der Waals surface area contributed by atoms with Crippen LogP contribution in [0.3, 0.4) is 0 Å². The van der Waals surface area contributed by atoms with Gasteiger partial charge in [0.2, 0.25) is 0 Å². The zero-order valence-electron chi connectivity index (χ0n) is 10.2. The largest absolute Gasteiger partial charge is 0.383 e. The summed E-state index contributed by atoms with van der Waals surface area (Å²) in [7, 11) is 0. The lowest BCUT2D eigenvalue weighted by molar-refractivity contribution is -0.384. The van der Waals surface area contributed by atoms with E-state index in [0.717, 1.165) is 13.0 Å². The average Bonchev–Trinajstić information content (AvgIpc) is 2.87. The molecule has 8 nitrogen and oxygen atoms in total. The zero-order valence-corrected chi connectivity index (χ0v) is 10.2. The Morgan fingerprint density at radius 2 is 2.32 bits per heavy atom. The molecule has 0 aliphatic carbocycles. The summed E-state index contributed by atoms with van der Waals surface area (Å²) < 4.78 is 1.96. The van der Waals surface area contributed by atoms with Gasteiger partial charge in [0.05, 0.1) is 23.4 Å². The van der Waals surface area contributed by atoms with Gasteiger partial charge in [0.15, 0.2) is 0 Å². The Labute approximate surface area is 109 Å². The number of hydrogen-bond donors (Lipinski definition) is 2. The lowest BCUT2D eigenvalue weighted by Crippen LogP contribution is -2.08. The molecule has 0 aliphatic rings. The number of nitrogens with one attached hydrogen (secondary N) is 1. The van der Waals surface area contributed by atoms with Gasteiger partial charge in [-0.3, -0.25) is 10.1 Å². The van der Waals surface area contributed by atoms with Crippen LogP contribution in [0.25, 0.3) is 0 Å². The molecule has 0 unspecified atom stereocenters.